The molecule has 2 rings (SSSR count). The number of nitrogens with one attached hydrogen (secondary N) is 1. The molecule has 0 aliphatic rings. The average Bonchev–Trinajstić information content (AvgIpc) is 2.76. The van der Waals surface area contributed by atoms with Crippen LogP contribution in [0.3, 0.4) is 0 Å². The first-order valence-corrected chi connectivity index (χ1v) is 10.1. The number of hydrogen-bond acceptors (Lipinski definition) is 4. The van der Waals surface area contributed by atoms with Crippen LogP contribution in [0.25, 0.3) is 0 Å². The van der Waals surface area contributed by atoms with E-state index in [0.29, 0.717) is 24.9 Å². The van der Waals surface area contributed by atoms with Crippen LogP contribution in [0, 0.1) is 5.92 Å². The molecule has 0 bridgehead atoms. The first-order chi connectivity index (χ1) is 14.9. The molecule has 6 N–H and O–H groups in total. The first-order valence-electron chi connectivity index (χ1n) is 10.1. The quantitative estimate of drug-likeness (QED) is 0.232. The molecule has 31 heavy (non-hydrogen) atoms. The molecule has 2 aromatic rings. The van der Waals surface area contributed by atoms with E-state index in [1.165, 1.54) is 0 Å². The largest absolute Gasteiger partial charge is 0.481 e. The number of ketones is 1. The highest BCUT2D eigenvalue weighted by Gasteiger charge is 2.27. The van der Waals surface area contributed by atoms with Crippen LogP contribution in [0.1, 0.15) is 35.2 Å². The van der Waals surface area contributed by atoms with Crippen LogP contribution in [0.2, 0.25) is 0 Å². The molecule has 1 amide bonds. The molecule has 0 saturated heterocycles. The summed E-state index contributed by atoms with van der Waals surface area (Å²) >= 11 is 0. The molecular weight excluding hydrogens is 396 g/mol. The molecule has 2 atom stereocenters. The number of carboxylic acid groups (broad SMARTS) is 1. The Balaban J connectivity index is 2.09. The summed E-state index contributed by atoms with van der Waals surface area (Å²) in [4.78, 5) is 41.2. The van der Waals surface area contributed by atoms with Crippen molar-refractivity contribution >= 4 is 23.6 Å². The van der Waals surface area contributed by atoms with Crippen LogP contribution >= 0.6 is 0 Å². The van der Waals surface area contributed by atoms with Gasteiger partial charge in [-0.1, -0.05) is 48.5 Å². The van der Waals surface area contributed by atoms with Gasteiger partial charge in [0.1, 0.15) is 0 Å². The zero-order valence-corrected chi connectivity index (χ0v) is 17.2. The summed E-state index contributed by atoms with van der Waals surface area (Å²) in [6.07, 6.45) is 0.799. The Labute approximate surface area is 181 Å². The second kappa shape index (κ2) is 12.1. The van der Waals surface area contributed by atoms with E-state index in [9.17, 15) is 19.5 Å². The fraction of sp³-hybridized carbons (Fsp3) is 0.304. The van der Waals surface area contributed by atoms with E-state index in [-0.39, 0.29) is 24.6 Å². The number of carboxylic acids is 1. The molecule has 8 nitrogen and oxygen atoms in total. The Morgan fingerprint density at radius 3 is 2.16 bits per heavy atom. The SMILES string of the molecule is NC(N)=NCCCC(NC(=O)c1ccccc1)C(=O)CC(Cc1ccccc1)C(=O)O. The molecule has 0 heterocycles. The van der Waals surface area contributed by atoms with Gasteiger partial charge in [-0.2, -0.15) is 0 Å². The summed E-state index contributed by atoms with van der Waals surface area (Å²) in [6.45, 7) is 0.305. The Morgan fingerprint density at radius 1 is 0.968 bits per heavy atom. The lowest BCUT2D eigenvalue weighted by molar-refractivity contribution is -0.144. The third kappa shape index (κ3) is 8.30. The number of carbonyl (C=O) groups is 3. The predicted molar refractivity (Wildman–Crippen MR) is 119 cm³/mol. The molecule has 2 unspecified atom stereocenters. The van der Waals surface area contributed by atoms with Crippen LogP contribution < -0.4 is 16.8 Å². The average molecular weight is 425 g/mol. The van der Waals surface area contributed by atoms with Gasteiger partial charge in [0.2, 0.25) is 0 Å². The summed E-state index contributed by atoms with van der Waals surface area (Å²) in [7, 11) is 0. The molecule has 164 valence electrons. The van der Waals surface area contributed by atoms with Gasteiger partial charge in [-0.25, -0.2) is 0 Å². The van der Waals surface area contributed by atoms with Crippen molar-refractivity contribution in [1.29, 1.82) is 0 Å². The lowest BCUT2D eigenvalue weighted by atomic mass is 9.91. The van der Waals surface area contributed by atoms with Crippen molar-refractivity contribution in [2.45, 2.75) is 31.7 Å². The fourth-order valence-corrected chi connectivity index (χ4v) is 3.18. The van der Waals surface area contributed by atoms with Gasteiger partial charge in [0.25, 0.3) is 5.91 Å². The van der Waals surface area contributed by atoms with Gasteiger partial charge in [-0.15, -0.1) is 0 Å². The Morgan fingerprint density at radius 2 is 1.58 bits per heavy atom. The van der Waals surface area contributed by atoms with Crippen LogP contribution in [-0.4, -0.2) is 41.3 Å². The number of aliphatic imine (C=N–C) groups is 1. The molecule has 8 heteroatoms. The summed E-state index contributed by atoms with van der Waals surface area (Å²) in [5, 5.41) is 12.4. The van der Waals surface area contributed by atoms with Crippen molar-refractivity contribution < 1.29 is 19.5 Å². The highest BCUT2D eigenvalue weighted by atomic mass is 16.4. The van der Waals surface area contributed by atoms with Crippen molar-refractivity contribution in [3.05, 3.63) is 71.8 Å². The monoisotopic (exact) mass is 424 g/mol. The molecule has 0 aromatic heterocycles. The number of Topliss-reactive ketones (excluding diaryl/α,β-unsaturated/α-hetero) is 1. The maximum Gasteiger partial charge on any atom is 0.307 e. The smallest absolute Gasteiger partial charge is 0.307 e. The Hall–Kier alpha value is -3.68. The van der Waals surface area contributed by atoms with Crippen molar-refractivity contribution in [3.8, 4) is 0 Å². The molecule has 0 fully saturated rings. The van der Waals surface area contributed by atoms with Gasteiger partial charge in [-0.3, -0.25) is 19.4 Å². The van der Waals surface area contributed by atoms with Crippen LogP contribution in [0.4, 0.5) is 0 Å². The third-order valence-corrected chi connectivity index (χ3v) is 4.80. The number of rotatable bonds is 12. The minimum Gasteiger partial charge on any atom is -0.481 e. The number of carbonyl (C=O) groups excluding carboxylic acids is 2. The predicted octanol–water partition coefficient (Wildman–Crippen LogP) is 1.74. The van der Waals surface area contributed by atoms with Gasteiger partial charge >= 0.3 is 5.97 Å². The molecule has 0 radical (unpaired) electrons. The van der Waals surface area contributed by atoms with Crippen molar-refractivity contribution in [3.63, 3.8) is 0 Å². The molecule has 0 saturated carbocycles. The first kappa shape index (κ1) is 23.6. The standard InChI is InChI=1S/C23H28N4O4/c24-23(25)26-13-7-12-19(27-21(29)17-10-5-2-6-11-17)20(28)15-18(22(30)31)14-16-8-3-1-4-9-16/h1-6,8-11,18-19H,7,12-15H2,(H,27,29)(H,30,31)(H4,24,25,26). The number of guanidine groups is 1. The summed E-state index contributed by atoms with van der Waals surface area (Å²) in [6, 6.07) is 16.8. The lowest BCUT2D eigenvalue weighted by Gasteiger charge is -2.20. The van der Waals surface area contributed by atoms with E-state index >= 15 is 0 Å². The van der Waals surface area contributed by atoms with Gasteiger partial charge in [0.15, 0.2) is 11.7 Å². The van der Waals surface area contributed by atoms with E-state index in [4.69, 9.17) is 11.5 Å². The molecule has 0 spiro atoms. The zero-order valence-electron chi connectivity index (χ0n) is 17.2. The maximum absolute atomic E-state index is 13.0. The second-order valence-electron chi connectivity index (χ2n) is 7.24. The minimum absolute atomic E-state index is 0.0509. The highest BCUT2D eigenvalue weighted by molar-refractivity contribution is 5.98. The molecule has 0 aliphatic heterocycles. The number of benzene rings is 2. The van der Waals surface area contributed by atoms with Gasteiger partial charge < -0.3 is 21.9 Å². The Kier molecular flexibility index (Phi) is 9.22. The van der Waals surface area contributed by atoms with Crippen molar-refractivity contribution in [2.75, 3.05) is 6.54 Å². The Bertz CT molecular complexity index is 896. The van der Waals surface area contributed by atoms with Gasteiger partial charge in [-0.05, 0) is 37.0 Å². The van der Waals surface area contributed by atoms with Crippen LogP contribution in [-0.2, 0) is 16.0 Å². The second-order valence-corrected chi connectivity index (χ2v) is 7.24. The lowest BCUT2D eigenvalue weighted by Crippen LogP contribution is -2.42. The molecular formula is C23H28N4O4. The molecule has 0 aliphatic carbocycles. The minimum atomic E-state index is -1.05. The van der Waals surface area contributed by atoms with Gasteiger partial charge in [0.05, 0.1) is 12.0 Å². The summed E-state index contributed by atoms with van der Waals surface area (Å²) in [5.41, 5.74) is 11.9. The van der Waals surface area contributed by atoms with E-state index in [2.05, 4.69) is 10.3 Å². The number of amides is 1. The van der Waals surface area contributed by atoms with Crippen molar-refractivity contribution in [1.82, 2.24) is 5.32 Å². The number of aliphatic carboxylic acids is 1. The van der Waals surface area contributed by atoms with E-state index in [1.807, 2.05) is 30.3 Å². The van der Waals surface area contributed by atoms with Crippen LogP contribution in [0.5, 0.6) is 0 Å². The number of nitrogens with two attached hydrogens (primary N) is 2. The zero-order chi connectivity index (χ0) is 22.6. The molecule has 2 aromatic carbocycles. The van der Waals surface area contributed by atoms with E-state index in [1.54, 1.807) is 30.3 Å². The normalized spacial score (nSPS) is 12.4. The van der Waals surface area contributed by atoms with Gasteiger partial charge in [0, 0.05) is 18.5 Å². The highest BCUT2D eigenvalue weighted by Crippen LogP contribution is 2.16. The topological polar surface area (TPSA) is 148 Å². The van der Waals surface area contributed by atoms with Crippen LogP contribution in [0.15, 0.2) is 65.7 Å². The number of nitrogens with zero attached hydrogens (tertiary/aromatic N) is 1. The van der Waals surface area contributed by atoms with E-state index < -0.39 is 23.8 Å². The number of hydrogen-bond donors (Lipinski definition) is 4. The van der Waals surface area contributed by atoms with E-state index in [0.717, 1.165) is 5.56 Å². The summed E-state index contributed by atoms with van der Waals surface area (Å²) in [5.74, 6) is -2.72. The van der Waals surface area contributed by atoms with Crippen molar-refractivity contribution in [2.24, 2.45) is 22.4 Å². The maximum atomic E-state index is 13.0. The fourth-order valence-electron chi connectivity index (χ4n) is 3.18. The third-order valence-electron chi connectivity index (χ3n) is 4.80. The summed E-state index contributed by atoms with van der Waals surface area (Å²) < 4.78 is 0.